The summed E-state index contributed by atoms with van der Waals surface area (Å²) in [5.41, 5.74) is 0.711. The van der Waals surface area contributed by atoms with Gasteiger partial charge in [0.15, 0.2) is 0 Å². The summed E-state index contributed by atoms with van der Waals surface area (Å²) >= 11 is 0. The fourth-order valence-electron chi connectivity index (χ4n) is 5.74. The van der Waals surface area contributed by atoms with Gasteiger partial charge in [-0.15, -0.1) is 0 Å². The minimum Gasteiger partial charge on any atom is -0.460 e. The summed E-state index contributed by atoms with van der Waals surface area (Å²) in [6.07, 6.45) is 15.2. The van der Waals surface area contributed by atoms with Crippen molar-refractivity contribution in [3.05, 3.63) is 35.9 Å². The van der Waals surface area contributed by atoms with Crippen molar-refractivity contribution in [1.29, 1.82) is 0 Å². The van der Waals surface area contributed by atoms with Crippen molar-refractivity contribution in [2.45, 2.75) is 155 Å². The molecule has 2 rings (SSSR count). The molecule has 1 fully saturated rings. The minimum atomic E-state index is -0.320. The third kappa shape index (κ3) is 8.60. The van der Waals surface area contributed by atoms with Crippen LogP contribution in [-0.4, -0.2) is 28.2 Å². The van der Waals surface area contributed by atoms with Gasteiger partial charge in [0.1, 0.15) is 12.2 Å². The lowest BCUT2D eigenvalue weighted by molar-refractivity contribution is -0.333. The molecule has 1 aromatic rings. The highest BCUT2D eigenvalue weighted by Gasteiger charge is 2.54. The normalized spacial score (nSPS) is 20.5. The molecule has 0 amide bonds. The summed E-state index contributed by atoms with van der Waals surface area (Å²) in [5, 5.41) is 2.21. The number of esters is 1. The molecule has 1 saturated heterocycles. The van der Waals surface area contributed by atoms with E-state index in [0.29, 0.717) is 6.42 Å². The van der Waals surface area contributed by atoms with E-state index in [1.807, 2.05) is 6.07 Å². The molecule has 1 aromatic carbocycles. The van der Waals surface area contributed by atoms with Crippen LogP contribution in [0.15, 0.2) is 30.3 Å². The zero-order valence-corrected chi connectivity index (χ0v) is 23.6. The maximum atomic E-state index is 12.9. The minimum absolute atomic E-state index is 0.0417. The summed E-state index contributed by atoms with van der Waals surface area (Å²) < 4.78 is 6.21. The molecule has 1 aliphatic rings. The van der Waals surface area contributed by atoms with E-state index in [0.717, 1.165) is 44.1 Å². The molecule has 35 heavy (non-hydrogen) atoms. The van der Waals surface area contributed by atoms with Crippen LogP contribution in [0.3, 0.4) is 0 Å². The molecule has 0 aromatic heterocycles. The Morgan fingerprint density at radius 1 is 0.943 bits per heavy atom. The Labute approximate surface area is 216 Å². The van der Waals surface area contributed by atoms with Gasteiger partial charge in [-0.1, -0.05) is 102 Å². The molecule has 4 heteroatoms. The van der Waals surface area contributed by atoms with Crippen LogP contribution >= 0.6 is 0 Å². The van der Waals surface area contributed by atoms with E-state index in [9.17, 15) is 4.79 Å². The summed E-state index contributed by atoms with van der Waals surface area (Å²) in [6, 6.07) is 10.4. The van der Waals surface area contributed by atoms with Crippen molar-refractivity contribution in [3.8, 4) is 0 Å². The molecule has 1 aliphatic heterocycles. The molecule has 0 bridgehead atoms. The smallest absolute Gasteiger partial charge is 0.306 e. The third-order valence-electron chi connectivity index (χ3n) is 8.09. The van der Waals surface area contributed by atoms with E-state index in [-0.39, 0.29) is 29.3 Å². The van der Waals surface area contributed by atoms with E-state index in [1.54, 1.807) is 0 Å². The van der Waals surface area contributed by atoms with Crippen LogP contribution < -0.4 is 0 Å². The standard InChI is InChI=1S/C31H53NO3/c1-7-10-11-12-13-14-15-16-20-23-29(33)34-28-24-25-30(5,6)32(31(28,8-2)9-3)35-26(4)27-21-18-17-19-22-27/h17-19,21-22,26,28H,7-16,20,23-25H2,1-6H3. The lowest BCUT2D eigenvalue weighted by atomic mass is 9.74. The molecule has 1 heterocycles. The predicted molar refractivity (Wildman–Crippen MR) is 146 cm³/mol. The van der Waals surface area contributed by atoms with Crippen LogP contribution in [0, 0.1) is 0 Å². The summed E-state index contributed by atoms with van der Waals surface area (Å²) in [6.45, 7) is 13.3. The number of benzene rings is 1. The Hall–Kier alpha value is -1.39. The molecule has 2 unspecified atom stereocenters. The van der Waals surface area contributed by atoms with Crippen LogP contribution in [0.1, 0.15) is 143 Å². The fraction of sp³-hybridized carbons (Fsp3) is 0.774. The molecular weight excluding hydrogens is 434 g/mol. The number of unbranched alkanes of at least 4 members (excludes halogenated alkanes) is 8. The Kier molecular flexibility index (Phi) is 12.8. The topological polar surface area (TPSA) is 38.8 Å². The number of piperidine rings is 1. The van der Waals surface area contributed by atoms with Crippen molar-refractivity contribution in [2.75, 3.05) is 0 Å². The highest BCUT2D eigenvalue weighted by molar-refractivity contribution is 5.69. The molecule has 2 atom stereocenters. The average molecular weight is 488 g/mol. The summed E-state index contributed by atoms with van der Waals surface area (Å²) in [7, 11) is 0. The molecule has 0 radical (unpaired) electrons. The lowest BCUT2D eigenvalue weighted by Crippen LogP contribution is -2.67. The molecule has 200 valence electrons. The molecule has 0 aliphatic carbocycles. The quantitative estimate of drug-likeness (QED) is 0.172. The van der Waals surface area contributed by atoms with Crippen molar-refractivity contribution >= 4 is 5.97 Å². The van der Waals surface area contributed by atoms with Gasteiger partial charge in [-0.3, -0.25) is 9.63 Å². The first kappa shape index (κ1) is 29.8. The number of carbonyl (C=O) groups is 1. The van der Waals surface area contributed by atoms with E-state index < -0.39 is 0 Å². The van der Waals surface area contributed by atoms with Gasteiger partial charge in [-0.25, -0.2) is 0 Å². The average Bonchev–Trinajstić information content (AvgIpc) is 2.86. The van der Waals surface area contributed by atoms with Crippen molar-refractivity contribution < 1.29 is 14.4 Å². The number of hydroxylamine groups is 2. The number of carbonyl (C=O) groups excluding carboxylic acids is 1. The Morgan fingerprint density at radius 3 is 2.09 bits per heavy atom. The van der Waals surface area contributed by atoms with Gasteiger partial charge in [-0.05, 0) is 58.4 Å². The maximum absolute atomic E-state index is 12.9. The first-order valence-corrected chi connectivity index (χ1v) is 14.5. The van der Waals surface area contributed by atoms with Crippen LogP contribution in [0.25, 0.3) is 0 Å². The molecular formula is C31H53NO3. The van der Waals surface area contributed by atoms with Gasteiger partial charge in [-0.2, -0.15) is 5.06 Å². The van der Waals surface area contributed by atoms with E-state index in [2.05, 4.69) is 70.9 Å². The Morgan fingerprint density at radius 2 is 1.51 bits per heavy atom. The van der Waals surface area contributed by atoms with Crippen LogP contribution in [0.5, 0.6) is 0 Å². The number of ether oxygens (including phenoxy) is 1. The van der Waals surface area contributed by atoms with Crippen molar-refractivity contribution in [2.24, 2.45) is 0 Å². The van der Waals surface area contributed by atoms with E-state index >= 15 is 0 Å². The predicted octanol–water partition coefficient (Wildman–Crippen LogP) is 8.95. The Balaban J connectivity index is 1.94. The van der Waals surface area contributed by atoms with Gasteiger partial charge in [0.2, 0.25) is 0 Å². The highest BCUT2D eigenvalue weighted by Crippen LogP contribution is 2.45. The second kappa shape index (κ2) is 15.0. The number of hydrogen-bond acceptors (Lipinski definition) is 4. The second-order valence-corrected chi connectivity index (χ2v) is 11.2. The zero-order valence-electron chi connectivity index (χ0n) is 23.6. The molecule has 0 N–H and O–H groups in total. The van der Waals surface area contributed by atoms with Crippen molar-refractivity contribution in [3.63, 3.8) is 0 Å². The van der Waals surface area contributed by atoms with Gasteiger partial charge >= 0.3 is 5.97 Å². The van der Waals surface area contributed by atoms with Gasteiger partial charge in [0.05, 0.1) is 5.54 Å². The Bertz CT molecular complexity index is 713. The number of hydrogen-bond donors (Lipinski definition) is 0. The number of rotatable bonds is 16. The summed E-state index contributed by atoms with van der Waals surface area (Å²) in [4.78, 5) is 19.6. The lowest BCUT2D eigenvalue weighted by Gasteiger charge is -2.57. The highest BCUT2D eigenvalue weighted by atomic mass is 16.7. The van der Waals surface area contributed by atoms with Gasteiger partial charge in [0, 0.05) is 12.0 Å². The monoisotopic (exact) mass is 487 g/mol. The third-order valence-corrected chi connectivity index (χ3v) is 8.09. The largest absolute Gasteiger partial charge is 0.460 e. The first-order valence-electron chi connectivity index (χ1n) is 14.5. The second-order valence-electron chi connectivity index (χ2n) is 11.2. The molecule has 0 spiro atoms. The van der Waals surface area contributed by atoms with Crippen LogP contribution in [-0.2, 0) is 14.4 Å². The van der Waals surface area contributed by atoms with Gasteiger partial charge < -0.3 is 4.74 Å². The summed E-state index contributed by atoms with van der Waals surface area (Å²) in [5.74, 6) is -0.0417. The molecule has 4 nitrogen and oxygen atoms in total. The fourth-order valence-corrected chi connectivity index (χ4v) is 5.74. The van der Waals surface area contributed by atoms with E-state index in [4.69, 9.17) is 9.57 Å². The van der Waals surface area contributed by atoms with Crippen LogP contribution in [0.4, 0.5) is 0 Å². The van der Waals surface area contributed by atoms with Crippen LogP contribution in [0.2, 0.25) is 0 Å². The first-order chi connectivity index (χ1) is 16.8. The van der Waals surface area contributed by atoms with E-state index in [1.165, 1.54) is 44.9 Å². The molecule has 0 saturated carbocycles. The maximum Gasteiger partial charge on any atom is 0.306 e. The SMILES string of the molecule is CCCCCCCCCCCC(=O)OC1CCC(C)(C)N(OC(C)c2ccccc2)C1(CC)CC. The van der Waals surface area contributed by atoms with Gasteiger partial charge in [0.25, 0.3) is 0 Å². The zero-order chi connectivity index (χ0) is 25.7. The van der Waals surface area contributed by atoms with Crippen molar-refractivity contribution in [1.82, 2.24) is 5.06 Å². The number of nitrogens with zero attached hydrogens (tertiary/aromatic N) is 1.